The molecule has 6 N–H and O–H groups in total. The average Bonchev–Trinajstić information content (AvgIpc) is 2.76. The maximum Gasteiger partial charge on any atom is 0.187 e. The maximum absolute atomic E-state index is 10.1. The molecule has 0 aliphatic carbocycles. The van der Waals surface area contributed by atoms with Crippen LogP contribution in [0, 0.1) is 0 Å². The van der Waals surface area contributed by atoms with Crippen molar-refractivity contribution in [2.24, 2.45) is 0 Å². The lowest BCUT2D eigenvalue weighted by atomic mass is 9.98. The fraction of sp³-hybridized carbons (Fsp3) is 1.00. The van der Waals surface area contributed by atoms with Gasteiger partial charge in [0, 0.05) is 0 Å². The van der Waals surface area contributed by atoms with Gasteiger partial charge >= 0.3 is 0 Å². The zero-order chi connectivity index (χ0) is 16.0. The number of ether oxygens (including phenoxy) is 4. The molecule has 1 unspecified atom stereocenters. The molecule has 3 heterocycles. The Balaban J connectivity index is 1.71. The molecule has 0 aromatic carbocycles. The van der Waals surface area contributed by atoms with Crippen LogP contribution in [0.3, 0.4) is 0 Å². The monoisotopic (exact) mass is 324 g/mol. The predicted molar refractivity (Wildman–Crippen MR) is 65.3 cm³/mol. The van der Waals surface area contributed by atoms with Gasteiger partial charge in [-0.3, -0.25) is 0 Å². The second kappa shape index (κ2) is 6.24. The van der Waals surface area contributed by atoms with Crippen molar-refractivity contribution < 1.29 is 49.6 Å². The Morgan fingerprint density at radius 1 is 0.909 bits per heavy atom. The predicted octanol–water partition coefficient (Wildman–Crippen LogP) is -4.35. The first kappa shape index (κ1) is 16.5. The van der Waals surface area contributed by atoms with Crippen LogP contribution in [0.2, 0.25) is 0 Å². The summed E-state index contributed by atoms with van der Waals surface area (Å²) in [6, 6.07) is 0. The van der Waals surface area contributed by atoms with E-state index in [0.717, 1.165) is 0 Å². The molecule has 0 radical (unpaired) electrons. The van der Waals surface area contributed by atoms with E-state index in [4.69, 9.17) is 24.1 Å². The molecule has 128 valence electrons. The molecule has 0 aromatic rings. The Bertz CT molecular complexity index is 394. The van der Waals surface area contributed by atoms with Crippen LogP contribution in [0.1, 0.15) is 0 Å². The van der Waals surface area contributed by atoms with Gasteiger partial charge in [-0.1, -0.05) is 0 Å². The van der Waals surface area contributed by atoms with Crippen LogP contribution in [0.4, 0.5) is 0 Å². The lowest BCUT2D eigenvalue weighted by Crippen LogP contribution is -2.63. The van der Waals surface area contributed by atoms with E-state index in [9.17, 15) is 25.5 Å². The van der Waals surface area contributed by atoms with Crippen LogP contribution in [-0.4, -0.2) is 105 Å². The summed E-state index contributed by atoms with van der Waals surface area (Å²) in [6.07, 6.45) is -12.4. The van der Waals surface area contributed by atoms with E-state index in [0.29, 0.717) is 0 Å². The molecule has 3 aliphatic heterocycles. The summed E-state index contributed by atoms with van der Waals surface area (Å²) in [4.78, 5) is 0. The molecule has 3 fully saturated rings. The molecule has 10 nitrogen and oxygen atoms in total. The number of fused-ring (bicyclic) bond motifs is 2. The van der Waals surface area contributed by atoms with Gasteiger partial charge in [0.15, 0.2) is 12.6 Å². The van der Waals surface area contributed by atoms with E-state index in [-0.39, 0.29) is 6.61 Å². The number of hydrogen-bond donors (Lipinski definition) is 6. The van der Waals surface area contributed by atoms with Gasteiger partial charge in [0.05, 0.1) is 13.2 Å². The van der Waals surface area contributed by atoms with Crippen molar-refractivity contribution in [1.29, 1.82) is 0 Å². The van der Waals surface area contributed by atoms with E-state index in [1.807, 2.05) is 0 Å². The molecule has 22 heavy (non-hydrogen) atoms. The van der Waals surface area contributed by atoms with E-state index in [1.165, 1.54) is 0 Å². The summed E-state index contributed by atoms with van der Waals surface area (Å²) >= 11 is 0. The second-order valence-corrected chi connectivity index (χ2v) is 5.65. The minimum Gasteiger partial charge on any atom is -0.394 e. The van der Waals surface area contributed by atoms with Crippen molar-refractivity contribution in [3.05, 3.63) is 0 Å². The summed E-state index contributed by atoms with van der Waals surface area (Å²) in [6.45, 7) is -0.504. The van der Waals surface area contributed by atoms with Gasteiger partial charge in [0.1, 0.15) is 48.8 Å². The van der Waals surface area contributed by atoms with E-state index in [2.05, 4.69) is 0 Å². The van der Waals surface area contributed by atoms with Crippen molar-refractivity contribution in [3.63, 3.8) is 0 Å². The molecule has 2 bridgehead atoms. The average molecular weight is 324 g/mol. The Morgan fingerprint density at radius 3 is 2.32 bits per heavy atom. The van der Waals surface area contributed by atoms with Crippen LogP contribution in [0.25, 0.3) is 0 Å². The molecule has 10 atom stereocenters. The quantitative estimate of drug-likeness (QED) is 0.299. The summed E-state index contributed by atoms with van der Waals surface area (Å²) in [5.41, 5.74) is 0. The number of aliphatic hydroxyl groups excluding tert-OH is 6. The third-order valence-corrected chi connectivity index (χ3v) is 4.23. The van der Waals surface area contributed by atoms with E-state index >= 15 is 0 Å². The Morgan fingerprint density at radius 2 is 1.64 bits per heavy atom. The first-order valence-corrected chi connectivity index (χ1v) is 7.03. The molecule has 0 spiro atoms. The van der Waals surface area contributed by atoms with Crippen LogP contribution >= 0.6 is 0 Å². The molecular weight excluding hydrogens is 304 g/mol. The highest BCUT2D eigenvalue weighted by Crippen LogP contribution is 2.32. The third-order valence-electron chi connectivity index (χ3n) is 4.23. The van der Waals surface area contributed by atoms with Crippen LogP contribution < -0.4 is 0 Å². The van der Waals surface area contributed by atoms with Crippen LogP contribution in [0.5, 0.6) is 0 Å². The first-order valence-electron chi connectivity index (χ1n) is 7.03. The fourth-order valence-corrected chi connectivity index (χ4v) is 2.94. The lowest BCUT2D eigenvalue weighted by Gasteiger charge is -2.43. The summed E-state index contributed by atoms with van der Waals surface area (Å²) < 4.78 is 20.8. The number of rotatable bonds is 3. The molecule has 0 aromatic heterocycles. The molecule has 0 amide bonds. The summed E-state index contributed by atoms with van der Waals surface area (Å²) in [5, 5.41) is 58.4. The Kier molecular flexibility index (Phi) is 4.67. The molecule has 3 saturated heterocycles. The standard InChI is InChI=1S/C12H20O10/c13-1-3-5(14)10(7(16)11(18)20-3)22-12-8(17)9-6(15)4(21-12)2-19-9/h3-18H,1-2H2/t3-,4+,5+,6-,7-,8-,9-,10+,11?,12+/m1/s1. The zero-order valence-corrected chi connectivity index (χ0v) is 11.5. The van der Waals surface area contributed by atoms with Crippen LogP contribution in [0.15, 0.2) is 0 Å². The van der Waals surface area contributed by atoms with E-state index < -0.39 is 68.0 Å². The van der Waals surface area contributed by atoms with Crippen molar-refractivity contribution >= 4 is 0 Å². The van der Waals surface area contributed by atoms with Crippen molar-refractivity contribution in [2.45, 2.75) is 61.4 Å². The largest absolute Gasteiger partial charge is 0.394 e. The SMILES string of the molecule is OC[C@H]1OC(O)[C@H](O)[C@@H](O[C@@H]2O[C@H]3CO[C@@H]([C@H]2O)[C@@H]3O)[C@H]1O. The van der Waals surface area contributed by atoms with Gasteiger partial charge in [-0.2, -0.15) is 0 Å². The fourth-order valence-electron chi connectivity index (χ4n) is 2.94. The third kappa shape index (κ3) is 2.65. The minimum absolute atomic E-state index is 0.0868. The zero-order valence-electron chi connectivity index (χ0n) is 11.5. The molecule has 3 rings (SSSR count). The first-order chi connectivity index (χ1) is 10.4. The molecule has 10 heteroatoms. The van der Waals surface area contributed by atoms with Gasteiger partial charge in [-0.25, -0.2) is 0 Å². The smallest absolute Gasteiger partial charge is 0.187 e. The van der Waals surface area contributed by atoms with Crippen molar-refractivity contribution in [2.75, 3.05) is 13.2 Å². The highest BCUT2D eigenvalue weighted by Gasteiger charge is 2.53. The minimum atomic E-state index is -1.66. The highest BCUT2D eigenvalue weighted by atomic mass is 16.7. The highest BCUT2D eigenvalue weighted by molar-refractivity contribution is 4.97. The van der Waals surface area contributed by atoms with Gasteiger partial charge in [0.25, 0.3) is 0 Å². The van der Waals surface area contributed by atoms with E-state index in [1.54, 1.807) is 0 Å². The topological polar surface area (TPSA) is 158 Å². The second-order valence-electron chi connectivity index (χ2n) is 5.65. The molecule has 3 aliphatic rings. The summed E-state index contributed by atoms with van der Waals surface area (Å²) in [7, 11) is 0. The van der Waals surface area contributed by atoms with Gasteiger partial charge in [-0.05, 0) is 0 Å². The van der Waals surface area contributed by atoms with Crippen molar-refractivity contribution in [3.8, 4) is 0 Å². The maximum atomic E-state index is 10.1. The number of aliphatic hydroxyl groups is 6. The molecule has 0 saturated carbocycles. The summed E-state index contributed by atoms with van der Waals surface area (Å²) in [5.74, 6) is 0. The Labute approximate surface area is 125 Å². The van der Waals surface area contributed by atoms with Crippen LogP contribution in [-0.2, 0) is 18.9 Å². The van der Waals surface area contributed by atoms with Gasteiger partial charge in [0.2, 0.25) is 0 Å². The Hall–Kier alpha value is -0.400. The normalized spacial score (nSPS) is 55.4. The molecular formula is C12H20O10. The van der Waals surface area contributed by atoms with Crippen molar-refractivity contribution in [1.82, 2.24) is 0 Å². The lowest BCUT2D eigenvalue weighted by molar-refractivity contribution is -0.341. The number of hydrogen-bond acceptors (Lipinski definition) is 10. The van der Waals surface area contributed by atoms with Gasteiger partial charge in [-0.15, -0.1) is 0 Å². The van der Waals surface area contributed by atoms with Gasteiger partial charge < -0.3 is 49.6 Å².